The van der Waals surface area contributed by atoms with Gasteiger partial charge in [0.1, 0.15) is 0 Å². The van der Waals surface area contributed by atoms with Crippen LogP contribution in [0.5, 0.6) is 0 Å². The number of anilines is 1. The van der Waals surface area contributed by atoms with Gasteiger partial charge in [-0.1, -0.05) is 48.5 Å². The van der Waals surface area contributed by atoms with E-state index in [9.17, 15) is 9.59 Å². The average Bonchev–Trinajstić information content (AvgIpc) is 3.54. The molecule has 4 nitrogen and oxygen atoms in total. The molecule has 2 unspecified atom stereocenters. The Labute approximate surface area is 166 Å². The summed E-state index contributed by atoms with van der Waals surface area (Å²) in [6.45, 7) is 2.08. The van der Waals surface area contributed by atoms with Crippen LogP contribution in [0, 0.1) is 11.8 Å². The maximum absolute atomic E-state index is 13.5. The smallest absolute Gasteiger partial charge is 0.231 e. The van der Waals surface area contributed by atoms with Gasteiger partial charge in [-0.05, 0) is 42.9 Å². The average molecular weight is 374 g/mol. The first-order valence-corrected chi connectivity index (χ1v) is 10.5. The van der Waals surface area contributed by atoms with Gasteiger partial charge >= 0.3 is 0 Å². The predicted octanol–water partition coefficient (Wildman–Crippen LogP) is 3.81. The largest absolute Gasteiger partial charge is 0.342 e. The minimum Gasteiger partial charge on any atom is -0.342 e. The van der Waals surface area contributed by atoms with Gasteiger partial charge in [-0.25, -0.2) is 0 Å². The maximum atomic E-state index is 13.5. The molecule has 1 saturated heterocycles. The van der Waals surface area contributed by atoms with E-state index in [4.69, 9.17) is 0 Å². The fourth-order valence-corrected chi connectivity index (χ4v) is 4.77. The first-order valence-electron chi connectivity index (χ1n) is 10.5. The van der Waals surface area contributed by atoms with E-state index in [0.29, 0.717) is 13.1 Å². The molecule has 2 aliphatic heterocycles. The number of para-hydroxylation sites is 1. The van der Waals surface area contributed by atoms with E-state index in [0.717, 1.165) is 37.9 Å². The molecule has 0 N–H and O–H groups in total. The molecule has 2 atom stereocenters. The zero-order chi connectivity index (χ0) is 19.1. The molecule has 2 heterocycles. The molecule has 0 bridgehead atoms. The van der Waals surface area contributed by atoms with Crippen LogP contribution in [-0.4, -0.2) is 36.3 Å². The van der Waals surface area contributed by atoms with Crippen LogP contribution in [0.2, 0.25) is 0 Å². The Morgan fingerprint density at radius 2 is 1.54 bits per heavy atom. The summed E-state index contributed by atoms with van der Waals surface area (Å²) in [4.78, 5) is 29.9. The van der Waals surface area contributed by atoms with Gasteiger partial charge in [-0.3, -0.25) is 9.59 Å². The molecule has 4 heteroatoms. The number of carbonyl (C=O) groups excluding carboxylic acids is 2. The summed E-state index contributed by atoms with van der Waals surface area (Å²) in [5.41, 5.74) is 3.51. The molecule has 0 radical (unpaired) electrons. The van der Waals surface area contributed by atoms with E-state index in [1.165, 1.54) is 11.1 Å². The summed E-state index contributed by atoms with van der Waals surface area (Å²) < 4.78 is 0. The predicted molar refractivity (Wildman–Crippen MR) is 109 cm³/mol. The zero-order valence-electron chi connectivity index (χ0n) is 16.1. The number of nitrogens with zero attached hydrogens (tertiary/aromatic N) is 2. The Morgan fingerprint density at radius 3 is 2.32 bits per heavy atom. The molecule has 2 fully saturated rings. The van der Waals surface area contributed by atoms with Crippen LogP contribution in [0.4, 0.5) is 5.69 Å². The van der Waals surface area contributed by atoms with Crippen molar-refractivity contribution in [3.8, 4) is 0 Å². The van der Waals surface area contributed by atoms with Crippen LogP contribution in [0.3, 0.4) is 0 Å². The number of amides is 2. The Morgan fingerprint density at radius 1 is 0.786 bits per heavy atom. The summed E-state index contributed by atoms with van der Waals surface area (Å²) in [7, 11) is 0. The summed E-state index contributed by atoms with van der Waals surface area (Å²) in [5.74, 6) is 0.803. The minimum absolute atomic E-state index is 0.0842. The Kier molecular flexibility index (Phi) is 4.42. The molecule has 5 rings (SSSR count). The summed E-state index contributed by atoms with van der Waals surface area (Å²) in [6, 6.07) is 18.7. The van der Waals surface area contributed by atoms with Crippen molar-refractivity contribution in [2.75, 3.05) is 24.5 Å². The molecule has 1 saturated carbocycles. The molecular formula is C24H26N2O2. The topological polar surface area (TPSA) is 40.6 Å². The number of carbonyl (C=O) groups is 2. The van der Waals surface area contributed by atoms with Crippen LogP contribution in [-0.2, 0) is 9.59 Å². The quantitative estimate of drug-likeness (QED) is 0.820. The third-order valence-electron chi connectivity index (χ3n) is 6.44. The molecule has 0 aromatic heterocycles. The summed E-state index contributed by atoms with van der Waals surface area (Å²) in [5, 5.41) is 0. The Bertz CT molecular complexity index is 890. The highest BCUT2D eigenvalue weighted by atomic mass is 16.2. The zero-order valence-corrected chi connectivity index (χ0v) is 16.1. The van der Waals surface area contributed by atoms with Gasteiger partial charge in [0, 0.05) is 37.2 Å². The van der Waals surface area contributed by atoms with Crippen molar-refractivity contribution in [3.05, 3.63) is 65.7 Å². The lowest BCUT2D eigenvalue weighted by atomic mass is 9.93. The van der Waals surface area contributed by atoms with Gasteiger partial charge in [-0.15, -0.1) is 0 Å². The van der Waals surface area contributed by atoms with Crippen molar-refractivity contribution in [1.29, 1.82) is 0 Å². The van der Waals surface area contributed by atoms with Crippen molar-refractivity contribution >= 4 is 17.5 Å². The van der Waals surface area contributed by atoms with E-state index < -0.39 is 0 Å². The van der Waals surface area contributed by atoms with E-state index in [1.54, 1.807) is 0 Å². The van der Waals surface area contributed by atoms with Gasteiger partial charge in [0.15, 0.2) is 0 Å². The van der Waals surface area contributed by atoms with Gasteiger partial charge in [0.05, 0.1) is 5.92 Å². The molecule has 144 valence electrons. The fraction of sp³-hybridized carbons (Fsp3) is 0.417. The molecule has 2 amide bonds. The molecule has 1 aliphatic carbocycles. The van der Waals surface area contributed by atoms with Crippen LogP contribution in [0.1, 0.15) is 42.7 Å². The van der Waals surface area contributed by atoms with Crippen molar-refractivity contribution < 1.29 is 9.59 Å². The van der Waals surface area contributed by atoms with E-state index >= 15 is 0 Å². The summed E-state index contributed by atoms with van der Waals surface area (Å²) in [6.07, 6.45) is 3.84. The van der Waals surface area contributed by atoms with E-state index in [1.807, 2.05) is 21.9 Å². The number of rotatable bonds is 3. The van der Waals surface area contributed by atoms with Crippen LogP contribution in [0.25, 0.3) is 0 Å². The van der Waals surface area contributed by atoms with Crippen molar-refractivity contribution in [1.82, 2.24) is 4.90 Å². The number of hydrogen-bond donors (Lipinski definition) is 0. The normalized spacial score (nSPS) is 24.1. The highest BCUT2D eigenvalue weighted by Crippen LogP contribution is 2.41. The van der Waals surface area contributed by atoms with Crippen LogP contribution >= 0.6 is 0 Å². The fourth-order valence-electron chi connectivity index (χ4n) is 4.77. The number of piperidine rings is 1. The number of hydrogen-bond acceptors (Lipinski definition) is 2. The first-order chi connectivity index (χ1) is 13.7. The molecule has 2 aromatic carbocycles. The molecule has 2 aromatic rings. The monoisotopic (exact) mass is 374 g/mol. The third kappa shape index (κ3) is 3.11. The second-order valence-electron chi connectivity index (χ2n) is 8.37. The molecule has 0 spiro atoms. The van der Waals surface area contributed by atoms with Crippen LogP contribution < -0.4 is 4.90 Å². The first kappa shape index (κ1) is 17.5. The Hall–Kier alpha value is -2.62. The molecular weight excluding hydrogens is 348 g/mol. The number of fused-ring (bicyclic) bond motifs is 1. The lowest BCUT2D eigenvalue weighted by molar-refractivity contribution is -0.136. The van der Waals surface area contributed by atoms with Crippen LogP contribution in [0.15, 0.2) is 54.6 Å². The lowest BCUT2D eigenvalue weighted by Crippen LogP contribution is -2.47. The van der Waals surface area contributed by atoms with Gasteiger partial charge in [0.2, 0.25) is 11.8 Å². The second-order valence-corrected chi connectivity index (χ2v) is 8.37. The van der Waals surface area contributed by atoms with E-state index in [2.05, 4.69) is 42.5 Å². The van der Waals surface area contributed by atoms with Gasteiger partial charge in [-0.2, -0.15) is 0 Å². The highest BCUT2D eigenvalue weighted by Gasteiger charge is 2.40. The second kappa shape index (κ2) is 7.08. The minimum atomic E-state index is -0.0842. The van der Waals surface area contributed by atoms with Crippen molar-refractivity contribution in [3.63, 3.8) is 0 Å². The summed E-state index contributed by atoms with van der Waals surface area (Å²) >= 11 is 0. The molecule has 3 aliphatic rings. The SMILES string of the molecule is O=C(C1CC1)N1CCCC(C(=O)N2CC(c3ccccc3)c3ccccc32)C1. The number of likely N-dealkylation sites (tertiary alicyclic amines) is 1. The maximum Gasteiger partial charge on any atom is 0.231 e. The van der Waals surface area contributed by atoms with Crippen molar-refractivity contribution in [2.45, 2.75) is 31.6 Å². The third-order valence-corrected chi connectivity index (χ3v) is 6.44. The standard InChI is InChI=1S/C24H26N2O2/c27-23(18-12-13-18)25-14-6-9-19(15-25)24(28)26-16-21(17-7-2-1-3-8-17)20-10-4-5-11-22(20)26/h1-5,7-8,10-11,18-19,21H,6,9,12-16H2. The lowest BCUT2D eigenvalue weighted by Gasteiger charge is -2.34. The van der Waals surface area contributed by atoms with Crippen molar-refractivity contribution in [2.24, 2.45) is 11.8 Å². The van der Waals surface area contributed by atoms with Gasteiger partial charge < -0.3 is 9.80 Å². The number of benzene rings is 2. The van der Waals surface area contributed by atoms with E-state index in [-0.39, 0.29) is 29.6 Å². The molecule has 28 heavy (non-hydrogen) atoms. The Balaban J connectivity index is 1.38. The van der Waals surface area contributed by atoms with Gasteiger partial charge in [0.25, 0.3) is 0 Å². The highest BCUT2D eigenvalue weighted by molar-refractivity contribution is 5.98.